The first-order chi connectivity index (χ1) is 16.3. The maximum atomic E-state index is 13.5. The number of benzene rings is 1. The zero-order chi connectivity index (χ0) is 24.4. The lowest BCUT2D eigenvalue weighted by molar-refractivity contribution is -0.138. The van der Waals surface area contributed by atoms with Crippen molar-refractivity contribution in [2.45, 2.75) is 44.6 Å². The van der Waals surface area contributed by atoms with Crippen LogP contribution in [0.2, 0.25) is 0 Å². The molecule has 3 aliphatic heterocycles. The minimum Gasteiger partial charge on any atom is -0.377 e. The summed E-state index contributed by atoms with van der Waals surface area (Å²) in [6.45, 7) is 8.21. The summed E-state index contributed by atoms with van der Waals surface area (Å²) < 4.78 is 11.1. The number of piperazine rings is 1. The Morgan fingerprint density at radius 1 is 1.15 bits per heavy atom. The Labute approximate surface area is 201 Å². The molecule has 3 aliphatic rings. The molecule has 2 amide bonds. The van der Waals surface area contributed by atoms with E-state index in [1.165, 1.54) is 4.90 Å². The topological polar surface area (TPSA) is 91.4 Å². The maximum absolute atomic E-state index is 13.5. The highest BCUT2D eigenvalue weighted by Crippen LogP contribution is 2.30. The van der Waals surface area contributed by atoms with E-state index in [1.54, 1.807) is 19.2 Å². The van der Waals surface area contributed by atoms with Gasteiger partial charge in [-0.1, -0.05) is 13.8 Å². The van der Waals surface area contributed by atoms with Crippen molar-refractivity contribution in [2.24, 2.45) is 5.92 Å². The zero-order valence-electron chi connectivity index (χ0n) is 20.5. The molecule has 34 heavy (non-hydrogen) atoms. The number of methoxy groups -OCH3 is 1. The quantitative estimate of drug-likeness (QED) is 0.627. The van der Waals surface area contributed by atoms with Crippen LogP contribution in [-0.2, 0) is 19.1 Å². The van der Waals surface area contributed by atoms with Gasteiger partial charge in [-0.2, -0.15) is 0 Å². The summed E-state index contributed by atoms with van der Waals surface area (Å²) in [6, 6.07) is 6.16. The van der Waals surface area contributed by atoms with Gasteiger partial charge < -0.3 is 29.5 Å². The van der Waals surface area contributed by atoms with E-state index in [0.29, 0.717) is 12.0 Å². The van der Waals surface area contributed by atoms with Crippen molar-refractivity contribution >= 4 is 23.3 Å². The van der Waals surface area contributed by atoms with E-state index in [-0.39, 0.29) is 42.8 Å². The van der Waals surface area contributed by atoms with Crippen molar-refractivity contribution in [2.75, 3.05) is 58.4 Å². The highest BCUT2D eigenvalue weighted by Gasteiger charge is 2.53. The lowest BCUT2D eigenvalue weighted by Gasteiger charge is -2.34. The van der Waals surface area contributed by atoms with Crippen molar-refractivity contribution in [3.63, 3.8) is 0 Å². The Morgan fingerprint density at radius 3 is 2.44 bits per heavy atom. The first-order valence-electron chi connectivity index (χ1n) is 12.1. The van der Waals surface area contributed by atoms with Crippen molar-refractivity contribution in [1.82, 2.24) is 15.1 Å². The van der Waals surface area contributed by atoms with E-state index in [9.17, 15) is 14.4 Å². The molecule has 1 aromatic carbocycles. The first-order valence-corrected chi connectivity index (χ1v) is 12.1. The molecule has 4 atom stereocenters. The number of rotatable bonds is 7. The number of hydrogen-bond acceptors (Lipinski definition) is 7. The number of nitrogens with zero attached hydrogens (tertiary/aromatic N) is 3. The smallest absolute Gasteiger partial charge is 0.251 e. The molecule has 1 aromatic rings. The van der Waals surface area contributed by atoms with Crippen molar-refractivity contribution in [3.8, 4) is 0 Å². The van der Waals surface area contributed by atoms with Crippen LogP contribution in [0.4, 0.5) is 5.69 Å². The predicted octanol–water partition coefficient (Wildman–Crippen LogP) is 0.777. The molecule has 9 heteroatoms. The van der Waals surface area contributed by atoms with Gasteiger partial charge in [0, 0.05) is 44.5 Å². The fourth-order valence-electron chi connectivity index (χ4n) is 5.07. The summed E-state index contributed by atoms with van der Waals surface area (Å²) in [5, 5.41) is 2.93. The molecule has 0 aromatic heterocycles. The van der Waals surface area contributed by atoms with Gasteiger partial charge in [0.15, 0.2) is 5.78 Å². The molecule has 0 bridgehead atoms. The maximum Gasteiger partial charge on any atom is 0.251 e. The molecule has 1 unspecified atom stereocenters. The van der Waals surface area contributed by atoms with Gasteiger partial charge in [-0.05, 0) is 43.7 Å². The van der Waals surface area contributed by atoms with Gasteiger partial charge >= 0.3 is 0 Å². The van der Waals surface area contributed by atoms with Gasteiger partial charge in [-0.15, -0.1) is 0 Å². The van der Waals surface area contributed by atoms with Gasteiger partial charge in [0.05, 0.1) is 6.54 Å². The van der Waals surface area contributed by atoms with E-state index in [1.807, 2.05) is 26.0 Å². The summed E-state index contributed by atoms with van der Waals surface area (Å²) in [6.07, 6.45) is -0.318. The number of ether oxygens (including phenoxy) is 2. The third-order valence-corrected chi connectivity index (χ3v) is 7.03. The molecule has 0 aliphatic carbocycles. The van der Waals surface area contributed by atoms with Crippen LogP contribution < -0.4 is 10.2 Å². The number of nitrogens with one attached hydrogen (secondary N) is 1. The molecule has 0 saturated carbocycles. The standard InChI is InChI=1S/C25H36N4O5/c1-16(2)13-19(25(32)29-14-21(33-4)23-22(29)20(30)15-34-23)26-24(31)17-5-7-18(8-6-17)28-11-9-27(3)10-12-28/h5-8,16,19,21-23H,9-15H2,1-4H3,(H,26,31)/t19?,21-,22+,23+/m0/s1. The van der Waals surface area contributed by atoms with Gasteiger partial charge in [-0.3, -0.25) is 14.4 Å². The monoisotopic (exact) mass is 472 g/mol. The Morgan fingerprint density at radius 2 is 1.82 bits per heavy atom. The number of hydrogen-bond donors (Lipinski definition) is 1. The van der Waals surface area contributed by atoms with Gasteiger partial charge in [0.25, 0.3) is 5.91 Å². The average Bonchev–Trinajstić information content (AvgIpc) is 3.39. The third-order valence-electron chi connectivity index (χ3n) is 7.03. The molecule has 186 valence electrons. The second-order valence-electron chi connectivity index (χ2n) is 9.94. The van der Waals surface area contributed by atoms with Crippen LogP contribution in [0.5, 0.6) is 0 Å². The number of Topliss-reactive ketones (excluding diaryl/α,β-unsaturated/α-hetero) is 1. The minimum atomic E-state index is -0.727. The summed E-state index contributed by atoms with van der Waals surface area (Å²) in [5.74, 6) is -0.491. The van der Waals surface area contributed by atoms with Gasteiger partial charge in [0.1, 0.15) is 30.9 Å². The van der Waals surface area contributed by atoms with Crippen LogP contribution >= 0.6 is 0 Å². The predicted molar refractivity (Wildman–Crippen MR) is 128 cm³/mol. The van der Waals surface area contributed by atoms with Gasteiger partial charge in [-0.25, -0.2) is 0 Å². The normalized spacial score (nSPS) is 26.1. The number of likely N-dealkylation sites (tertiary alicyclic amines) is 1. The van der Waals surface area contributed by atoms with Crippen LogP contribution in [0.15, 0.2) is 24.3 Å². The summed E-state index contributed by atoms with van der Waals surface area (Å²) in [4.78, 5) is 45.2. The van der Waals surface area contributed by atoms with E-state index in [4.69, 9.17) is 9.47 Å². The lowest BCUT2D eigenvalue weighted by Crippen LogP contribution is -2.52. The Balaban J connectivity index is 1.45. The number of carbonyl (C=O) groups is 3. The highest BCUT2D eigenvalue weighted by atomic mass is 16.5. The molecule has 3 heterocycles. The number of amides is 2. The Bertz CT molecular complexity index is 897. The fraction of sp³-hybridized carbons (Fsp3) is 0.640. The number of fused-ring (bicyclic) bond motifs is 1. The van der Waals surface area contributed by atoms with E-state index in [0.717, 1.165) is 31.9 Å². The average molecular weight is 473 g/mol. The highest BCUT2D eigenvalue weighted by molar-refractivity contribution is 5.99. The van der Waals surface area contributed by atoms with Gasteiger partial charge in [0.2, 0.25) is 5.91 Å². The number of anilines is 1. The van der Waals surface area contributed by atoms with Crippen LogP contribution in [0.3, 0.4) is 0 Å². The second kappa shape index (κ2) is 10.4. The molecule has 3 fully saturated rings. The zero-order valence-corrected chi connectivity index (χ0v) is 20.5. The third kappa shape index (κ3) is 5.11. The van der Waals surface area contributed by atoms with E-state index in [2.05, 4.69) is 22.2 Å². The van der Waals surface area contributed by atoms with Crippen LogP contribution in [0, 0.1) is 5.92 Å². The molecular weight excluding hydrogens is 436 g/mol. The number of likely N-dealkylation sites (N-methyl/N-ethyl adjacent to an activating group) is 1. The molecule has 3 saturated heterocycles. The lowest BCUT2D eigenvalue weighted by atomic mass is 10.0. The van der Waals surface area contributed by atoms with Crippen LogP contribution in [0.1, 0.15) is 30.6 Å². The van der Waals surface area contributed by atoms with Crippen molar-refractivity contribution < 1.29 is 23.9 Å². The summed E-state index contributed by atoms with van der Waals surface area (Å²) in [5.41, 5.74) is 1.60. The van der Waals surface area contributed by atoms with E-state index >= 15 is 0 Å². The van der Waals surface area contributed by atoms with Crippen LogP contribution in [-0.4, -0.2) is 105 Å². The molecular formula is C25H36N4O5. The Kier molecular flexibility index (Phi) is 7.54. The van der Waals surface area contributed by atoms with Crippen molar-refractivity contribution in [3.05, 3.63) is 29.8 Å². The minimum absolute atomic E-state index is 0.0141. The number of carbonyl (C=O) groups excluding carboxylic acids is 3. The van der Waals surface area contributed by atoms with E-state index < -0.39 is 18.2 Å². The Hall–Kier alpha value is -2.49. The summed E-state index contributed by atoms with van der Waals surface area (Å²) >= 11 is 0. The molecule has 0 spiro atoms. The molecule has 9 nitrogen and oxygen atoms in total. The fourth-order valence-corrected chi connectivity index (χ4v) is 5.07. The largest absolute Gasteiger partial charge is 0.377 e. The molecule has 4 rings (SSSR count). The SMILES string of the molecule is CO[C@H]1CN(C(=O)C(CC(C)C)NC(=O)c2ccc(N3CCN(C)CC3)cc2)[C@@H]2C(=O)CO[C@H]12. The number of ketones is 1. The van der Waals surface area contributed by atoms with Crippen LogP contribution in [0.25, 0.3) is 0 Å². The second-order valence-corrected chi connectivity index (χ2v) is 9.94. The van der Waals surface area contributed by atoms with Crippen molar-refractivity contribution in [1.29, 1.82) is 0 Å². The molecule has 1 N–H and O–H groups in total. The first kappa shape index (κ1) is 24.6. The molecule has 0 radical (unpaired) electrons. The summed E-state index contributed by atoms with van der Waals surface area (Å²) in [7, 11) is 3.67.